The molecule has 3 aromatic rings. The summed E-state index contributed by atoms with van der Waals surface area (Å²) in [6, 6.07) is 12.0. The minimum Gasteiger partial charge on any atom is -0.496 e. The number of esters is 1. The molecule has 1 atom stereocenters. The standard InChI is InChI=1S/C40H47N5O12/c1-7-26-20-31(36(46)43-28-12-10-27(11-13-28)35(41)45-39(49)54-19-18-53-17-16-51-5)30(21-33(26)52-6)29-14-15-32(37(47)42-22-25-8-9-25)44-34(29)38(48)56-24(4)57-40(50)55-23(2)3/h7,10-15,20-21,23-25H,1,8-9,16-19,22H2,2-6H3,(H,42,47)(H,43,46)(H2,41,45,49). The summed E-state index contributed by atoms with van der Waals surface area (Å²) in [7, 11) is 2.97. The van der Waals surface area contributed by atoms with Crippen molar-refractivity contribution in [2.24, 2.45) is 5.92 Å². The van der Waals surface area contributed by atoms with E-state index in [9.17, 15) is 24.0 Å². The van der Waals surface area contributed by atoms with Gasteiger partial charge in [-0.25, -0.2) is 19.4 Å². The number of amides is 3. The highest BCUT2D eigenvalue weighted by atomic mass is 16.8. The Labute approximate surface area is 329 Å². The van der Waals surface area contributed by atoms with E-state index in [1.54, 1.807) is 21.0 Å². The molecule has 1 aliphatic rings. The number of ether oxygens (including phenoxy) is 7. The van der Waals surface area contributed by atoms with E-state index in [0.29, 0.717) is 48.2 Å². The highest BCUT2D eigenvalue weighted by Gasteiger charge is 2.28. The fourth-order valence-corrected chi connectivity index (χ4v) is 5.10. The molecule has 0 bridgehead atoms. The van der Waals surface area contributed by atoms with E-state index in [-0.39, 0.29) is 47.1 Å². The van der Waals surface area contributed by atoms with Crippen molar-refractivity contribution in [3.8, 4) is 16.9 Å². The van der Waals surface area contributed by atoms with E-state index in [4.69, 9.17) is 38.6 Å². The number of aromatic nitrogens is 1. The maximum Gasteiger partial charge on any atom is 0.511 e. The lowest BCUT2D eigenvalue weighted by molar-refractivity contribution is -0.0868. The third kappa shape index (κ3) is 13.1. The molecule has 0 spiro atoms. The van der Waals surface area contributed by atoms with Crippen molar-refractivity contribution in [3.63, 3.8) is 0 Å². The molecule has 1 saturated carbocycles. The largest absolute Gasteiger partial charge is 0.511 e. The smallest absolute Gasteiger partial charge is 0.496 e. The van der Waals surface area contributed by atoms with Crippen molar-refractivity contribution < 1.29 is 57.1 Å². The highest BCUT2D eigenvalue weighted by molar-refractivity contribution is 6.11. The van der Waals surface area contributed by atoms with Crippen molar-refractivity contribution in [2.75, 3.05) is 52.5 Å². The van der Waals surface area contributed by atoms with E-state index in [1.165, 1.54) is 68.6 Å². The van der Waals surface area contributed by atoms with Gasteiger partial charge in [0.15, 0.2) is 5.69 Å². The minimum atomic E-state index is -1.41. The van der Waals surface area contributed by atoms with Gasteiger partial charge in [0, 0.05) is 54.1 Å². The molecule has 1 unspecified atom stereocenters. The lowest BCUT2D eigenvalue weighted by Gasteiger charge is -2.18. The van der Waals surface area contributed by atoms with Gasteiger partial charge >= 0.3 is 18.2 Å². The Balaban J connectivity index is 1.61. The van der Waals surface area contributed by atoms with Crippen LogP contribution in [0.5, 0.6) is 5.75 Å². The van der Waals surface area contributed by atoms with Crippen LogP contribution in [0.4, 0.5) is 15.3 Å². The number of alkyl carbamates (subject to hydrolysis) is 1. The summed E-state index contributed by atoms with van der Waals surface area (Å²) in [6.07, 6.45) is -0.302. The quantitative estimate of drug-likeness (QED) is 0.0292. The van der Waals surface area contributed by atoms with Crippen LogP contribution in [-0.2, 0) is 28.4 Å². The predicted octanol–water partition coefficient (Wildman–Crippen LogP) is 5.57. The summed E-state index contributed by atoms with van der Waals surface area (Å²) in [5.41, 5.74) is 1.01. The van der Waals surface area contributed by atoms with Gasteiger partial charge in [-0.3, -0.25) is 20.3 Å². The lowest BCUT2D eigenvalue weighted by Crippen LogP contribution is -2.31. The first-order chi connectivity index (χ1) is 27.3. The third-order valence-electron chi connectivity index (χ3n) is 8.11. The molecule has 1 aromatic heterocycles. The SMILES string of the molecule is C=Cc1cc(C(=O)Nc2ccc(C(=N)NC(=O)OCCOCCOC)cc2)c(-c2ccc(C(=O)NCC3CC3)nc2C(=O)OC(C)OC(=O)OC(C)C)cc1OC. The molecule has 2 aromatic carbocycles. The van der Waals surface area contributed by atoms with Crippen LogP contribution in [0.3, 0.4) is 0 Å². The van der Waals surface area contributed by atoms with Crippen LogP contribution in [0.1, 0.15) is 76.1 Å². The number of rotatable bonds is 19. The second-order valence-corrected chi connectivity index (χ2v) is 12.9. The van der Waals surface area contributed by atoms with E-state index in [2.05, 4.69) is 27.5 Å². The van der Waals surface area contributed by atoms with E-state index >= 15 is 0 Å². The van der Waals surface area contributed by atoms with Crippen molar-refractivity contribution in [1.82, 2.24) is 15.6 Å². The van der Waals surface area contributed by atoms with Gasteiger partial charge in [0.2, 0.25) is 6.29 Å². The van der Waals surface area contributed by atoms with Crippen molar-refractivity contribution in [2.45, 2.75) is 46.0 Å². The summed E-state index contributed by atoms with van der Waals surface area (Å²) < 4.78 is 36.2. The Kier molecular flexibility index (Phi) is 16.1. The van der Waals surface area contributed by atoms with Crippen molar-refractivity contribution in [3.05, 3.63) is 83.2 Å². The summed E-state index contributed by atoms with van der Waals surface area (Å²) >= 11 is 0. The number of pyridine rings is 1. The summed E-state index contributed by atoms with van der Waals surface area (Å²) in [4.78, 5) is 69.5. The molecular formula is C40H47N5O12. The molecule has 0 radical (unpaired) electrons. The number of carbonyl (C=O) groups excluding carboxylic acids is 5. The molecule has 4 rings (SSSR count). The lowest BCUT2D eigenvalue weighted by atomic mass is 9.94. The Hall–Kier alpha value is -6.33. The first-order valence-corrected chi connectivity index (χ1v) is 18.1. The molecule has 4 N–H and O–H groups in total. The van der Waals surface area contributed by atoms with Crippen LogP contribution in [0.2, 0.25) is 0 Å². The summed E-state index contributed by atoms with van der Waals surface area (Å²) in [5.74, 6) is -1.74. The number of benzene rings is 2. The van der Waals surface area contributed by atoms with Crippen LogP contribution >= 0.6 is 0 Å². The number of hydrogen-bond donors (Lipinski definition) is 4. The normalized spacial score (nSPS) is 12.5. The number of carbonyl (C=O) groups is 5. The molecule has 0 aliphatic heterocycles. The highest BCUT2D eigenvalue weighted by Crippen LogP contribution is 2.35. The molecule has 57 heavy (non-hydrogen) atoms. The number of nitrogens with one attached hydrogen (secondary N) is 4. The first kappa shape index (κ1) is 43.4. The third-order valence-corrected chi connectivity index (χ3v) is 8.11. The number of nitrogens with zero attached hydrogens (tertiary/aromatic N) is 1. The second kappa shape index (κ2) is 21.1. The molecule has 3 amide bonds. The van der Waals surface area contributed by atoms with Crippen LogP contribution in [0.25, 0.3) is 17.2 Å². The van der Waals surface area contributed by atoms with Crippen LogP contribution in [0.15, 0.2) is 55.1 Å². The summed E-state index contributed by atoms with van der Waals surface area (Å²) in [6.45, 7) is 9.74. The van der Waals surface area contributed by atoms with Gasteiger partial charge in [-0.2, -0.15) is 0 Å². The van der Waals surface area contributed by atoms with Gasteiger partial charge in [0.25, 0.3) is 11.8 Å². The fourth-order valence-electron chi connectivity index (χ4n) is 5.10. The van der Waals surface area contributed by atoms with Crippen molar-refractivity contribution in [1.29, 1.82) is 5.41 Å². The zero-order chi connectivity index (χ0) is 41.5. The number of hydrogen-bond acceptors (Lipinski definition) is 14. The fraction of sp³-hybridized carbons (Fsp3) is 0.375. The predicted molar refractivity (Wildman–Crippen MR) is 207 cm³/mol. The van der Waals surface area contributed by atoms with Crippen molar-refractivity contribution >= 4 is 47.6 Å². The topological polar surface area (TPSA) is 223 Å². The second-order valence-electron chi connectivity index (χ2n) is 12.9. The van der Waals surface area contributed by atoms with Gasteiger partial charge in [0.05, 0.1) is 33.0 Å². The van der Waals surface area contributed by atoms with E-state index in [1.807, 2.05) is 0 Å². The average Bonchev–Trinajstić information content (AvgIpc) is 4.02. The maximum absolute atomic E-state index is 14.0. The Morgan fingerprint density at radius 2 is 1.61 bits per heavy atom. The molecule has 17 heteroatoms. The van der Waals surface area contributed by atoms with Crippen LogP contribution < -0.4 is 20.7 Å². The Bertz CT molecular complexity index is 1950. The van der Waals surface area contributed by atoms with Gasteiger partial charge < -0.3 is 43.8 Å². The molecular weight excluding hydrogens is 742 g/mol. The Morgan fingerprint density at radius 1 is 0.895 bits per heavy atom. The average molecular weight is 790 g/mol. The number of methoxy groups -OCH3 is 2. The molecule has 304 valence electrons. The zero-order valence-corrected chi connectivity index (χ0v) is 32.4. The molecule has 1 aliphatic carbocycles. The number of amidine groups is 1. The monoisotopic (exact) mass is 789 g/mol. The van der Waals surface area contributed by atoms with Gasteiger partial charge in [-0.1, -0.05) is 12.7 Å². The molecule has 0 saturated heterocycles. The first-order valence-electron chi connectivity index (χ1n) is 18.1. The van der Waals surface area contributed by atoms with Crippen LogP contribution in [-0.4, -0.2) is 100 Å². The zero-order valence-electron chi connectivity index (χ0n) is 32.4. The molecule has 17 nitrogen and oxygen atoms in total. The van der Waals surface area contributed by atoms with Gasteiger partial charge in [0.1, 0.15) is 23.9 Å². The number of anilines is 1. The maximum atomic E-state index is 14.0. The minimum absolute atomic E-state index is 0.0181. The molecule has 1 fully saturated rings. The molecule has 1 heterocycles. The Morgan fingerprint density at radius 3 is 2.26 bits per heavy atom. The van der Waals surface area contributed by atoms with Gasteiger partial charge in [-0.15, -0.1) is 0 Å². The van der Waals surface area contributed by atoms with Gasteiger partial charge in [-0.05, 0) is 81.1 Å². The summed E-state index contributed by atoms with van der Waals surface area (Å²) in [5, 5.41) is 16.2. The van der Waals surface area contributed by atoms with Crippen LogP contribution in [0, 0.1) is 11.3 Å². The van der Waals surface area contributed by atoms with E-state index in [0.717, 1.165) is 12.8 Å². The van der Waals surface area contributed by atoms with E-state index < -0.39 is 42.4 Å².